The summed E-state index contributed by atoms with van der Waals surface area (Å²) in [6.07, 6.45) is -4.35. The summed E-state index contributed by atoms with van der Waals surface area (Å²) in [6.45, 7) is -1.38. The van der Waals surface area contributed by atoms with Gasteiger partial charge in [-0.2, -0.15) is 13.2 Å². The minimum Gasteiger partial charge on any atom is -0.367 e. The first-order valence-electron chi connectivity index (χ1n) is 8.26. The van der Waals surface area contributed by atoms with Gasteiger partial charge in [0.25, 0.3) is 5.91 Å². The molecule has 150 valence electrons. The van der Waals surface area contributed by atoms with Crippen molar-refractivity contribution in [1.29, 1.82) is 0 Å². The number of ether oxygens (including phenoxy) is 1. The van der Waals surface area contributed by atoms with Gasteiger partial charge in [-0.15, -0.1) is 0 Å². The molecule has 2 rings (SSSR count). The van der Waals surface area contributed by atoms with Crippen molar-refractivity contribution in [3.05, 3.63) is 69.7 Å². The third-order valence-corrected chi connectivity index (χ3v) is 4.04. The van der Waals surface area contributed by atoms with Crippen LogP contribution >= 0.6 is 15.9 Å². The van der Waals surface area contributed by atoms with Crippen LogP contribution in [0.3, 0.4) is 0 Å². The number of halogens is 4. The number of nitrogens with one attached hydrogen (secondary N) is 2. The molecule has 9 heteroatoms. The van der Waals surface area contributed by atoms with Crippen molar-refractivity contribution in [1.82, 2.24) is 10.6 Å². The fraction of sp³-hybridized carbons (Fsp3) is 0.263. The Hall–Kier alpha value is -2.39. The van der Waals surface area contributed by atoms with E-state index in [1.807, 2.05) is 0 Å². The van der Waals surface area contributed by atoms with Gasteiger partial charge in [-0.25, -0.2) is 0 Å². The Balaban J connectivity index is 1.71. The summed E-state index contributed by atoms with van der Waals surface area (Å²) in [4.78, 5) is 23.8. The number of carbonyl (C=O) groups is 2. The molecule has 0 unspecified atom stereocenters. The minimum atomic E-state index is -4.35. The first kappa shape index (κ1) is 21.9. The van der Waals surface area contributed by atoms with Crippen LogP contribution in [0.1, 0.15) is 21.5 Å². The molecule has 0 bridgehead atoms. The van der Waals surface area contributed by atoms with Gasteiger partial charge in [0.15, 0.2) is 0 Å². The van der Waals surface area contributed by atoms with Crippen LogP contribution in [0.4, 0.5) is 13.2 Å². The zero-order chi connectivity index (χ0) is 20.6. The summed E-state index contributed by atoms with van der Waals surface area (Å²) in [7, 11) is 0. The van der Waals surface area contributed by atoms with E-state index in [1.54, 1.807) is 48.5 Å². The zero-order valence-electron chi connectivity index (χ0n) is 14.7. The Morgan fingerprint density at radius 2 is 1.68 bits per heavy atom. The monoisotopic (exact) mass is 458 g/mol. The fourth-order valence-electron chi connectivity index (χ4n) is 2.19. The van der Waals surface area contributed by atoms with Crippen molar-refractivity contribution in [2.75, 3.05) is 13.2 Å². The van der Waals surface area contributed by atoms with E-state index in [4.69, 9.17) is 0 Å². The van der Waals surface area contributed by atoms with E-state index in [-0.39, 0.29) is 31.5 Å². The molecule has 5 nitrogen and oxygen atoms in total. The van der Waals surface area contributed by atoms with E-state index in [2.05, 4.69) is 31.3 Å². The highest BCUT2D eigenvalue weighted by atomic mass is 79.9. The van der Waals surface area contributed by atoms with Gasteiger partial charge in [0.05, 0.1) is 13.2 Å². The molecule has 0 saturated carbocycles. The van der Waals surface area contributed by atoms with Gasteiger partial charge >= 0.3 is 6.18 Å². The van der Waals surface area contributed by atoms with Crippen molar-refractivity contribution in [3.63, 3.8) is 0 Å². The standard InChI is InChI=1S/C19H18BrF3N2O3/c20-16-3-1-2-15(8-16)18(27)25-10-17(26)24-9-13-4-6-14(7-5-13)11-28-12-19(21,22)23/h1-8H,9-12H2,(H,24,26)(H,25,27). The molecule has 0 saturated heterocycles. The number of alkyl halides is 3. The second-order valence-corrected chi connectivity index (χ2v) is 6.81. The number of rotatable bonds is 8. The third kappa shape index (κ3) is 8.10. The summed E-state index contributed by atoms with van der Waals surface area (Å²) >= 11 is 3.27. The van der Waals surface area contributed by atoms with Crippen molar-refractivity contribution in [2.24, 2.45) is 0 Å². The normalized spacial score (nSPS) is 11.1. The molecular formula is C19H18BrF3N2O3. The van der Waals surface area contributed by atoms with E-state index in [0.29, 0.717) is 11.1 Å². The average molecular weight is 459 g/mol. The maximum Gasteiger partial charge on any atom is 0.411 e. The molecule has 0 aromatic heterocycles. The second kappa shape index (κ2) is 10.2. The molecule has 28 heavy (non-hydrogen) atoms. The number of amides is 2. The summed E-state index contributed by atoms with van der Waals surface area (Å²) in [5, 5.41) is 5.18. The topological polar surface area (TPSA) is 67.4 Å². The van der Waals surface area contributed by atoms with Crippen LogP contribution in [0.15, 0.2) is 53.0 Å². The molecule has 0 atom stereocenters. The predicted octanol–water partition coefficient (Wildman–Crippen LogP) is 3.57. The Bertz CT molecular complexity index is 811. The quantitative estimate of drug-likeness (QED) is 0.635. The minimum absolute atomic E-state index is 0.145. The van der Waals surface area contributed by atoms with Gasteiger partial charge in [-0.1, -0.05) is 46.3 Å². The van der Waals surface area contributed by atoms with Gasteiger partial charge in [0.2, 0.25) is 5.91 Å². The lowest BCUT2D eigenvalue weighted by molar-refractivity contribution is -0.176. The van der Waals surface area contributed by atoms with Crippen LogP contribution in [0.2, 0.25) is 0 Å². The number of hydrogen-bond acceptors (Lipinski definition) is 3. The van der Waals surface area contributed by atoms with Gasteiger partial charge < -0.3 is 15.4 Å². The van der Waals surface area contributed by atoms with Crippen LogP contribution in [0, 0.1) is 0 Å². The first-order valence-corrected chi connectivity index (χ1v) is 9.05. The van der Waals surface area contributed by atoms with Gasteiger partial charge in [0, 0.05) is 16.6 Å². The molecule has 2 amide bonds. The van der Waals surface area contributed by atoms with E-state index in [9.17, 15) is 22.8 Å². The van der Waals surface area contributed by atoms with Crippen LogP contribution in [0.5, 0.6) is 0 Å². The van der Waals surface area contributed by atoms with Gasteiger partial charge in [-0.05, 0) is 29.3 Å². The van der Waals surface area contributed by atoms with Crippen molar-refractivity contribution in [2.45, 2.75) is 19.3 Å². The molecule has 0 heterocycles. The van der Waals surface area contributed by atoms with Crippen molar-refractivity contribution < 1.29 is 27.5 Å². The SMILES string of the molecule is O=C(CNC(=O)c1cccc(Br)c1)NCc1ccc(COCC(F)(F)F)cc1. The van der Waals surface area contributed by atoms with Crippen LogP contribution in [0.25, 0.3) is 0 Å². The van der Waals surface area contributed by atoms with E-state index in [0.717, 1.165) is 10.0 Å². The molecule has 2 N–H and O–H groups in total. The molecule has 2 aromatic rings. The van der Waals surface area contributed by atoms with Crippen LogP contribution in [-0.4, -0.2) is 31.1 Å². The molecule has 0 aliphatic carbocycles. The third-order valence-electron chi connectivity index (χ3n) is 3.54. The van der Waals surface area contributed by atoms with Crippen LogP contribution in [-0.2, 0) is 22.7 Å². The maximum absolute atomic E-state index is 12.0. The molecule has 2 aromatic carbocycles. The number of benzene rings is 2. The number of hydrogen-bond donors (Lipinski definition) is 2. The molecule has 0 radical (unpaired) electrons. The lowest BCUT2D eigenvalue weighted by Crippen LogP contribution is -2.36. The Morgan fingerprint density at radius 3 is 2.32 bits per heavy atom. The first-order chi connectivity index (χ1) is 13.2. The van der Waals surface area contributed by atoms with Gasteiger partial charge in [-0.3, -0.25) is 9.59 Å². The molecule has 0 aliphatic rings. The molecule has 0 spiro atoms. The van der Waals surface area contributed by atoms with Crippen LogP contribution < -0.4 is 10.6 Å². The largest absolute Gasteiger partial charge is 0.411 e. The summed E-state index contributed by atoms with van der Waals surface area (Å²) in [5.41, 5.74) is 1.80. The van der Waals surface area contributed by atoms with Crippen molar-refractivity contribution >= 4 is 27.7 Å². The molecular weight excluding hydrogens is 441 g/mol. The fourth-order valence-corrected chi connectivity index (χ4v) is 2.59. The van der Waals surface area contributed by atoms with Gasteiger partial charge in [0.1, 0.15) is 6.61 Å². The summed E-state index contributed by atoms with van der Waals surface area (Å²) < 4.78 is 41.4. The Morgan fingerprint density at radius 1 is 1.00 bits per heavy atom. The lowest BCUT2D eigenvalue weighted by atomic mass is 10.1. The Kier molecular flexibility index (Phi) is 8.01. The smallest absolute Gasteiger partial charge is 0.367 e. The zero-order valence-corrected chi connectivity index (χ0v) is 16.3. The predicted molar refractivity (Wildman–Crippen MR) is 100 cm³/mol. The lowest BCUT2D eigenvalue weighted by Gasteiger charge is -2.09. The summed E-state index contributed by atoms with van der Waals surface area (Å²) in [5.74, 6) is -0.722. The second-order valence-electron chi connectivity index (χ2n) is 5.89. The molecule has 0 fully saturated rings. The molecule has 0 aliphatic heterocycles. The number of carbonyl (C=O) groups excluding carboxylic acids is 2. The van der Waals surface area contributed by atoms with Crippen molar-refractivity contribution in [3.8, 4) is 0 Å². The van der Waals surface area contributed by atoms with E-state index in [1.165, 1.54) is 0 Å². The highest BCUT2D eigenvalue weighted by molar-refractivity contribution is 9.10. The average Bonchev–Trinajstić information content (AvgIpc) is 2.64. The van der Waals surface area contributed by atoms with E-state index >= 15 is 0 Å². The van der Waals surface area contributed by atoms with E-state index < -0.39 is 12.8 Å². The highest BCUT2D eigenvalue weighted by Gasteiger charge is 2.27. The highest BCUT2D eigenvalue weighted by Crippen LogP contribution is 2.16. The maximum atomic E-state index is 12.0. The summed E-state index contributed by atoms with van der Waals surface area (Å²) in [6, 6.07) is 13.4. The Labute approximate surface area is 168 Å².